The van der Waals surface area contributed by atoms with E-state index >= 15 is 0 Å². The van der Waals surface area contributed by atoms with Gasteiger partial charge in [-0.25, -0.2) is 9.59 Å². The maximum absolute atomic E-state index is 12.1. The molecule has 0 spiro atoms. The zero-order chi connectivity index (χ0) is 16.0. The van der Waals surface area contributed by atoms with Crippen LogP contribution in [-0.4, -0.2) is 23.6 Å². The van der Waals surface area contributed by atoms with Crippen molar-refractivity contribution in [3.05, 3.63) is 30.3 Å². The molecule has 0 aliphatic heterocycles. The quantitative estimate of drug-likeness (QED) is 0.838. The molecule has 0 saturated heterocycles. The minimum Gasteiger partial charge on any atom is -0.458 e. The smallest absolute Gasteiger partial charge is 0.329 e. The largest absolute Gasteiger partial charge is 0.458 e. The van der Waals surface area contributed by atoms with Gasteiger partial charge in [-0.2, -0.15) is 0 Å². The van der Waals surface area contributed by atoms with Crippen molar-refractivity contribution in [1.82, 2.24) is 5.32 Å². The van der Waals surface area contributed by atoms with Gasteiger partial charge in [0, 0.05) is 5.69 Å². The Balaban J connectivity index is 2.66. The van der Waals surface area contributed by atoms with Crippen LogP contribution in [0.1, 0.15) is 34.6 Å². The molecule has 0 aromatic heterocycles. The van der Waals surface area contributed by atoms with Gasteiger partial charge in [0.25, 0.3) is 0 Å². The molecule has 116 valence electrons. The van der Waals surface area contributed by atoms with E-state index in [0.29, 0.717) is 5.69 Å². The summed E-state index contributed by atoms with van der Waals surface area (Å²) in [6.45, 7) is 9.11. The molecule has 1 aromatic rings. The Morgan fingerprint density at radius 1 is 1.10 bits per heavy atom. The fraction of sp³-hybridized carbons (Fsp3) is 0.500. The topological polar surface area (TPSA) is 67.4 Å². The number of carbonyl (C=O) groups is 2. The normalized spacial score (nSPS) is 12.7. The lowest BCUT2D eigenvalue weighted by atomic mass is 10.0. The first-order chi connectivity index (χ1) is 9.69. The number of amides is 2. The summed E-state index contributed by atoms with van der Waals surface area (Å²) in [4.78, 5) is 24.1. The number of anilines is 1. The van der Waals surface area contributed by atoms with Crippen molar-refractivity contribution in [2.75, 3.05) is 5.32 Å². The number of carbonyl (C=O) groups excluding carboxylic acids is 2. The molecule has 5 nitrogen and oxygen atoms in total. The van der Waals surface area contributed by atoms with E-state index in [9.17, 15) is 9.59 Å². The van der Waals surface area contributed by atoms with Gasteiger partial charge in [-0.05, 0) is 38.8 Å². The van der Waals surface area contributed by atoms with Crippen LogP contribution < -0.4 is 10.6 Å². The average Bonchev–Trinajstić information content (AvgIpc) is 2.34. The van der Waals surface area contributed by atoms with Crippen molar-refractivity contribution in [2.45, 2.75) is 46.3 Å². The van der Waals surface area contributed by atoms with E-state index in [1.165, 1.54) is 0 Å². The van der Waals surface area contributed by atoms with Crippen LogP contribution >= 0.6 is 0 Å². The molecular formula is C16H24N2O3. The highest BCUT2D eigenvalue weighted by atomic mass is 16.6. The summed E-state index contributed by atoms with van der Waals surface area (Å²) in [5, 5.41) is 5.35. The molecule has 1 atom stereocenters. The first-order valence-corrected chi connectivity index (χ1v) is 7.04. The third-order valence-electron chi connectivity index (χ3n) is 2.65. The second-order valence-corrected chi connectivity index (χ2v) is 6.22. The van der Waals surface area contributed by atoms with Crippen LogP contribution in [-0.2, 0) is 9.53 Å². The van der Waals surface area contributed by atoms with Gasteiger partial charge in [-0.3, -0.25) is 0 Å². The van der Waals surface area contributed by atoms with Crippen LogP contribution in [0.3, 0.4) is 0 Å². The second kappa shape index (κ2) is 7.11. The third kappa shape index (κ3) is 6.29. The Bertz CT molecular complexity index is 478. The molecule has 0 fully saturated rings. The van der Waals surface area contributed by atoms with Crippen molar-refractivity contribution in [3.63, 3.8) is 0 Å². The summed E-state index contributed by atoms with van der Waals surface area (Å²) < 4.78 is 5.33. The summed E-state index contributed by atoms with van der Waals surface area (Å²) in [6.07, 6.45) is 0. The van der Waals surface area contributed by atoms with Crippen molar-refractivity contribution in [2.24, 2.45) is 5.92 Å². The maximum atomic E-state index is 12.1. The monoisotopic (exact) mass is 292 g/mol. The molecule has 0 bridgehead atoms. The predicted octanol–water partition coefficient (Wildman–Crippen LogP) is 3.17. The molecule has 2 N–H and O–H groups in total. The summed E-state index contributed by atoms with van der Waals surface area (Å²) in [5.41, 5.74) is 0.0867. The van der Waals surface area contributed by atoms with E-state index in [1.807, 2.05) is 32.0 Å². The first-order valence-electron chi connectivity index (χ1n) is 7.04. The van der Waals surface area contributed by atoms with Gasteiger partial charge in [-0.1, -0.05) is 32.0 Å². The van der Waals surface area contributed by atoms with Gasteiger partial charge in [0.05, 0.1) is 0 Å². The maximum Gasteiger partial charge on any atom is 0.329 e. The SMILES string of the molecule is CC(C)[C@@H](NC(=O)Nc1ccccc1)C(=O)OC(C)(C)C. The standard InChI is InChI=1S/C16H24N2O3/c1-11(2)13(14(19)21-16(3,4)5)18-15(20)17-12-9-7-6-8-10-12/h6-11,13H,1-5H3,(H2,17,18,20)/t13-/m1/s1. The fourth-order valence-electron chi connectivity index (χ4n) is 1.69. The lowest BCUT2D eigenvalue weighted by Crippen LogP contribution is -2.48. The molecule has 1 aromatic carbocycles. The van der Waals surface area contributed by atoms with Gasteiger partial charge in [0.15, 0.2) is 0 Å². The molecule has 2 amide bonds. The fourth-order valence-corrected chi connectivity index (χ4v) is 1.69. The van der Waals surface area contributed by atoms with E-state index in [4.69, 9.17) is 4.74 Å². The van der Waals surface area contributed by atoms with Crippen molar-refractivity contribution < 1.29 is 14.3 Å². The second-order valence-electron chi connectivity index (χ2n) is 6.22. The van der Waals surface area contributed by atoms with Crippen molar-refractivity contribution in [3.8, 4) is 0 Å². The number of hydrogen-bond acceptors (Lipinski definition) is 3. The Hall–Kier alpha value is -2.04. The summed E-state index contributed by atoms with van der Waals surface area (Å²) in [5.74, 6) is -0.498. The zero-order valence-electron chi connectivity index (χ0n) is 13.3. The van der Waals surface area contributed by atoms with Gasteiger partial charge in [0.1, 0.15) is 11.6 Å². The molecule has 5 heteroatoms. The minimum absolute atomic E-state index is 0.0682. The molecule has 21 heavy (non-hydrogen) atoms. The summed E-state index contributed by atoms with van der Waals surface area (Å²) in [6, 6.07) is 7.95. The number of urea groups is 1. The van der Waals surface area contributed by atoms with Gasteiger partial charge in [0.2, 0.25) is 0 Å². The number of para-hydroxylation sites is 1. The zero-order valence-corrected chi connectivity index (χ0v) is 13.3. The number of rotatable bonds is 4. The van der Waals surface area contributed by atoms with Gasteiger partial charge >= 0.3 is 12.0 Å². The Kier molecular flexibility index (Phi) is 5.76. The van der Waals surface area contributed by atoms with Crippen molar-refractivity contribution >= 4 is 17.7 Å². The lowest BCUT2D eigenvalue weighted by Gasteiger charge is -2.26. The van der Waals surface area contributed by atoms with Crippen LogP contribution in [0, 0.1) is 5.92 Å². The van der Waals surface area contributed by atoms with Crippen molar-refractivity contribution in [1.29, 1.82) is 0 Å². The van der Waals surface area contributed by atoms with Crippen LogP contribution in [0.25, 0.3) is 0 Å². The summed E-state index contributed by atoms with van der Waals surface area (Å²) in [7, 11) is 0. The van der Waals surface area contributed by atoms with Crippen LogP contribution in [0.15, 0.2) is 30.3 Å². The third-order valence-corrected chi connectivity index (χ3v) is 2.65. The number of ether oxygens (including phenoxy) is 1. The lowest BCUT2D eigenvalue weighted by molar-refractivity contribution is -0.158. The summed E-state index contributed by atoms with van der Waals surface area (Å²) >= 11 is 0. The highest BCUT2D eigenvalue weighted by Crippen LogP contribution is 2.13. The first kappa shape index (κ1) is 17.0. The molecule has 0 radical (unpaired) electrons. The predicted molar refractivity (Wildman–Crippen MR) is 83.1 cm³/mol. The van der Waals surface area contributed by atoms with E-state index in [-0.39, 0.29) is 5.92 Å². The Morgan fingerprint density at radius 2 is 1.67 bits per heavy atom. The van der Waals surface area contributed by atoms with E-state index < -0.39 is 23.6 Å². The van der Waals surface area contributed by atoms with E-state index in [1.54, 1.807) is 32.9 Å². The molecule has 0 heterocycles. The van der Waals surface area contributed by atoms with Crippen LogP contribution in [0.4, 0.5) is 10.5 Å². The molecule has 0 unspecified atom stereocenters. The molecule has 0 saturated carbocycles. The van der Waals surface area contributed by atoms with Crippen LogP contribution in [0.5, 0.6) is 0 Å². The highest BCUT2D eigenvalue weighted by Gasteiger charge is 2.29. The molecule has 0 aliphatic carbocycles. The number of benzene rings is 1. The minimum atomic E-state index is -0.687. The Morgan fingerprint density at radius 3 is 2.14 bits per heavy atom. The van der Waals surface area contributed by atoms with Gasteiger partial charge < -0.3 is 15.4 Å². The van der Waals surface area contributed by atoms with E-state index in [0.717, 1.165) is 0 Å². The number of hydrogen-bond donors (Lipinski definition) is 2. The van der Waals surface area contributed by atoms with Gasteiger partial charge in [-0.15, -0.1) is 0 Å². The average molecular weight is 292 g/mol. The van der Waals surface area contributed by atoms with E-state index in [2.05, 4.69) is 10.6 Å². The highest BCUT2D eigenvalue weighted by molar-refractivity contribution is 5.92. The van der Waals surface area contributed by atoms with Crippen LogP contribution in [0.2, 0.25) is 0 Å². The molecular weight excluding hydrogens is 268 g/mol. The molecule has 0 aliphatic rings. The number of nitrogens with one attached hydrogen (secondary N) is 2. The Labute approximate surface area is 126 Å². The number of esters is 1. The molecule has 1 rings (SSSR count).